The Morgan fingerprint density at radius 1 is 1.32 bits per heavy atom. The lowest BCUT2D eigenvalue weighted by molar-refractivity contribution is 0.413. The van der Waals surface area contributed by atoms with Crippen molar-refractivity contribution in [3.8, 4) is 17.2 Å². The SMILES string of the molecule is COc1ccc(-c2nc(C3CCCC3)no2)cc1N. The van der Waals surface area contributed by atoms with Crippen LogP contribution in [0.2, 0.25) is 0 Å². The Labute approximate surface area is 111 Å². The molecule has 100 valence electrons. The second-order valence-corrected chi connectivity index (χ2v) is 4.90. The van der Waals surface area contributed by atoms with Crippen LogP contribution in [0.15, 0.2) is 22.7 Å². The molecule has 19 heavy (non-hydrogen) atoms. The smallest absolute Gasteiger partial charge is 0.258 e. The molecule has 0 amide bonds. The van der Waals surface area contributed by atoms with Crippen molar-refractivity contribution in [1.29, 1.82) is 0 Å². The molecule has 1 saturated carbocycles. The number of ether oxygens (including phenoxy) is 1. The first-order valence-electron chi connectivity index (χ1n) is 6.55. The average molecular weight is 259 g/mol. The fourth-order valence-electron chi connectivity index (χ4n) is 2.57. The molecule has 5 nitrogen and oxygen atoms in total. The number of aromatic nitrogens is 2. The summed E-state index contributed by atoms with van der Waals surface area (Å²) in [5.41, 5.74) is 7.28. The molecule has 0 saturated heterocycles. The molecule has 2 N–H and O–H groups in total. The van der Waals surface area contributed by atoms with Crippen molar-refractivity contribution >= 4 is 5.69 Å². The van der Waals surface area contributed by atoms with Gasteiger partial charge in [-0.15, -0.1) is 0 Å². The van der Waals surface area contributed by atoms with Crippen molar-refractivity contribution in [2.45, 2.75) is 31.6 Å². The minimum atomic E-state index is 0.452. The maximum absolute atomic E-state index is 5.88. The van der Waals surface area contributed by atoms with Crippen molar-refractivity contribution < 1.29 is 9.26 Å². The zero-order chi connectivity index (χ0) is 13.2. The zero-order valence-electron chi connectivity index (χ0n) is 10.9. The van der Waals surface area contributed by atoms with E-state index in [1.807, 2.05) is 12.1 Å². The van der Waals surface area contributed by atoms with Crippen LogP contribution in [0, 0.1) is 0 Å². The van der Waals surface area contributed by atoms with Gasteiger partial charge in [-0.1, -0.05) is 18.0 Å². The van der Waals surface area contributed by atoms with Gasteiger partial charge >= 0.3 is 0 Å². The normalized spacial score (nSPS) is 15.8. The molecule has 0 aliphatic heterocycles. The van der Waals surface area contributed by atoms with Crippen LogP contribution in [0.3, 0.4) is 0 Å². The molecule has 1 aliphatic rings. The summed E-state index contributed by atoms with van der Waals surface area (Å²) in [7, 11) is 1.59. The van der Waals surface area contributed by atoms with Crippen LogP contribution >= 0.6 is 0 Å². The standard InChI is InChI=1S/C14H17N3O2/c1-18-12-7-6-10(8-11(12)15)14-16-13(17-19-14)9-4-2-3-5-9/h6-9H,2-5,15H2,1H3. The molecule has 1 aliphatic carbocycles. The molecular formula is C14H17N3O2. The van der Waals surface area contributed by atoms with E-state index in [1.54, 1.807) is 13.2 Å². The number of hydrogen-bond acceptors (Lipinski definition) is 5. The number of anilines is 1. The van der Waals surface area contributed by atoms with Gasteiger partial charge in [0.2, 0.25) is 0 Å². The van der Waals surface area contributed by atoms with Gasteiger partial charge in [0, 0.05) is 11.5 Å². The van der Waals surface area contributed by atoms with Crippen molar-refractivity contribution in [1.82, 2.24) is 10.1 Å². The van der Waals surface area contributed by atoms with E-state index < -0.39 is 0 Å². The second kappa shape index (κ2) is 4.91. The van der Waals surface area contributed by atoms with E-state index in [9.17, 15) is 0 Å². The van der Waals surface area contributed by atoms with Gasteiger partial charge in [0.15, 0.2) is 5.82 Å². The Balaban J connectivity index is 1.87. The molecular weight excluding hydrogens is 242 g/mol. The van der Waals surface area contributed by atoms with E-state index >= 15 is 0 Å². The lowest BCUT2D eigenvalue weighted by atomic mass is 10.1. The molecule has 0 spiro atoms. The summed E-state index contributed by atoms with van der Waals surface area (Å²) < 4.78 is 10.5. The van der Waals surface area contributed by atoms with E-state index in [-0.39, 0.29) is 0 Å². The van der Waals surface area contributed by atoms with Crippen molar-refractivity contribution in [2.24, 2.45) is 0 Å². The molecule has 0 atom stereocenters. The molecule has 1 heterocycles. The van der Waals surface area contributed by atoms with Gasteiger partial charge in [0.05, 0.1) is 12.8 Å². The van der Waals surface area contributed by atoms with Crippen LogP contribution < -0.4 is 10.5 Å². The third-order valence-electron chi connectivity index (χ3n) is 3.64. The van der Waals surface area contributed by atoms with E-state index in [2.05, 4.69) is 10.1 Å². The number of hydrogen-bond donors (Lipinski definition) is 1. The van der Waals surface area contributed by atoms with Gasteiger partial charge in [-0.3, -0.25) is 0 Å². The maximum atomic E-state index is 5.88. The van der Waals surface area contributed by atoms with Crippen LogP contribution in [0.5, 0.6) is 5.75 Å². The lowest BCUT2D eigenvalue weighted by Gasteiger charge is -2.04. The van der Waals surface area contributed by atoms with Crippen LogP contribution in [0.1, 0.15) is 37.4 Å². The summed E-state index contributed by atoms with van der Waals surface area (Å²) in [6.45, 7) is 0. The van der Waals surface area contributed by atoms with Crippen LogP contribution in [-0.4, -0.2) is 17.3 Å². The minimum Gasteiger partial charge on any atom is -0.495 e. The van der Waals surface area contributed by atoms with Gasteiger partial charge < -0.3 is 15.0 Å². The Kier molecular flexibility index (Phi) is 3.11. The van der Waals surface area contributed by atoms with Crippen LogP contribution in [-0.2, 0) is 0 Å². The fourth-order valence-corrected chi connectivity index (χ4v) is 2.57. The first kappa shape index (κ1) is 12.0. The van der Waals surface area contributed by atoms with E-state index in [4.69, 9.17) is 15.0 Å². The number of nitrogens with zero attached hydrogens (tertiary/aromatic N) is 2. The molecule has 1 fully saturated rings. The van der Waals surface area contributed by atoms with Crippen LogP contribution in [0.25, 0.3) is 11.5 Å². The predicted molar refractivity (Wildman–Crippen MR) is 71.9 cm³/mol. The first-order chi connectivity index (χ1) is 9.28. The summed E-state index contributed by atoms with van der Waals surface area (Å²) in [5.74, 6) is 2.45. The average Bonchev–Trinajstić information content (AvgIpc) is 3.09. The van der Waals surface area contributed by atoms with Crippen molar-refractivity contribution in [2.75, 3.05) is 12.8 Å². The third kappa shape index (κ3) is 2.28. The highest BCUT2D eigenvalue weighted by molar-refractivity contribution is 5.65. The van der Waals surface area contributed by atoms with Gasteiger partial charge in [-0.2, -0.15) is 4.98 Å². The second-order valence-electron chi connectivity index (χ2n) is 4.90. The summed E-state index contributed by atoms with van der Waals surface area (Å²) >= 11 is 0. The maximum Gasteiger partial charge on any atom is 0.258 e. The minimum absolute atomic E-state index is 0.452. The molecule has 0 radical (unpaired) electrons. The van der Waals surface area contributed by atoms with Crippen LogP contribution in [0.4, 0.5) is 5.69 Å². The fraction of sp³-hybridized carbons (Fsp3) is 0.429. The molecule has 0 bridgehead atoms. The van der Waals surface area contributed by atoms with Crippen molar-refractivity contribution in [3.05, 3.63) is 24.0 Å². The van der Waals surface area contributed by atoms with E-state index in [0.29, 0.717) is 23.2 Å². The summed E-state index contributed by atoms with van der Waals surface area (Å²) in [5, 5.41) is 4.09. The summed E-state index contributed by atoms with van der Waals surface area (Å²) in [6.07, 6.45) is 4.82. The molecule has 2 aromatic rings. The number of nitrogen functional groups attached to an aromatic ring is 1. The highest BCUT2D eigenvalue weighted by Gasteiger charge is 2.22. The Hall–Kier alpha value is -2.04. The molecule has 1 aromatic carbocycles. The Morgan fingerprint density at radius 2 is 2.11 bits per heavy atom. The number of nitrogens with two attached hydrogens (primary N) is 1. The number of rotatable bonds is 3. The summed E-state index contributed by atoms with van der Waals surface area (Å²) in [4.78, 5) is 4.48. The predicted octanol–water partition coefficient (Wildman–Crippen LogP) is 2.99. The Bertz CT molecular complexity index is 574. The third-order valence-corrected chi connectivity index (χ3v) is 3.64. The highest BCUT2D eigenvalue weighted by Crippen LogP contribution is 2.34. The number of methoxy groups -OCH3 is 1. The topological polar surface area (TPSA) is 74.2 Å². The lowest BCUT2D eigenvalue weighted by Crippen LogP contribution is -1.95. The van der Waals surface area contributed by atoms with Gasteiger partial charge in [0.1, 0.15) is 5.75 Å². The first-order valence-corrected chi connectivity index (χ1v) is 6.55. The largest absolute Gasteiger partial charge is 0.495 e. The molecule has 0 unspecified atom stereocenters. The van der Waals surface area contributed by atoms with E-state index in [0.717, 1.165) is 24.2 Å². The monoisotopic (exact) mass is 259 g/mol. The van der Waals surface area contributed by atoms with Gasteiger partial charge in [-0.25, -0.2) is 0 Å². The zero-order valence-corrected chi connectivity index (χ0v) is 10.9. The highest BCUT2D eigenvalue weighted by atomic mass is 16.5. The Morgan fingerprint density at radius 3 is 2.79 bits per heavy atom. The van der Waals surface area contributed by atoms with Gasteiger partial charge in [0.25, 0.3) is 5.89 Å². The van der Waals surface area contributed by atoms with E-state index in [1.165, 1.54) is 12.8 Å². The quantitative estimate of drug-likeness (QED) is 0.858. The molecule has 5 heteroatoms. The van der Waals surface area contributed by atoms with Gasteiger partial charge in [-0.05, 0) is 31.0 Å². The number of benzene rings is 1. The van der Waals surface area contributed by atoms with Crippen molar-refractivity contribution in [3.63, 3.8) is 0 Å². The molecule has 3 rings (SSSR count). The molecule has 1 aromatic heterocycles. The summed E-state index contributed by atoms with van der Waals surface area (Å²) in [6, 6.07) is 5.48.